The average molecular weight is 220 g/mol. The Morgan fingerprint density at radius 3 is 2.54 bits per heavy atom. The van der Waals surface area contributed by atoms with Crippen LogP contribution in [-0.4, -0.2) is 13.1 Å². The highest BCUT2D eigenvalue weighted by atomic mass is 35.5. The van der Waals surface area contributed by atoms with E-state index < -0.39 is 5.97 Å². The summed E-state index contributed by atoms with van der Waals surface area (Å²) < 4.78 is 4.49. The fraction of sp³-hybridized carbons (Fsp3) is 0.125. The molecule has 0 heterocycles. The van der Waals surface area contributed by atoms with Crippen molar-refractivity contribution in [3.8, 4) is 0 Å². The van der Waals surface area contributed by atoms with Crippen molar-refractivity contribution in [1.29, 1.82) is 0 Å². The van der Waals surface area contributed by atoms with E-state index >= 15 is 0 Å². The molecule has 0 aliphatic rings. The highest BCUT2D eigenvalue weighted by Gasteiger charge is 2.10. The molecule has 0 aromatic heterocycles. The van der Waals surface area contributed by atoms with Crippen molar-refractivity contribution in [3.63, 3.8) is 0 Å². The van der Waals surface area contributed by atoms with E-state index in [1.165, 1.54) is 19.2 Å². The number of halogens is 2. The lowest BCUT2D eigenvalue weighted by Gasteiger charge is -2.04. The molecule has 0 fully saturated rings. The van der Waals surface area contributed by atoms with Gasteiger partial charge in [-0.25, -0.2) is 4.79 Å². The Balaban J connectivity index is 3.20. The number of methoxy groups -OCH3 is 1. The topological polar surface area (TPSA) is 52.3 Å². The maximum absolute atomic E-state index is 11.0. The first-order valence-electron chi connectivity index (χ1n) is 3.39. The Hall–Kier alpha value is -0.930. The minimum atomic E-state index is -0.495. The Morgan fingerprint density at radius 1 is 1.46 bits per heavy atom. The molecule has 70 valence electrons. The number of hydrogen-bond donors (Lipinski definition) is 1. The Morgan fingerprint density at radius 2 is 2.08 bits per heavy atom. The fourth-order valence-corrected chi connectivity index (χ4v) is 1.18. The third-order valence-electron chi connectivity index (χ3n) is 1.48. The summed E-state index contributed by atoms with van der Waals surface area (Å²) in [6.07, 6.45) is 0. The molecule has 0 unspecified atom stereocenters. The van der Waals surface area contributed by atoms with Gasteiger partial charge in [0.1, 0.15) is 0 Å². The Labute approximate surface area is 85.4 Å². The molecule has 3 nitrogen and oxygen atoms in total. The Bertz CT molecular complexity index is 329. The van der Waals surface area contributed by atoms with E-state index in [2.05, 4.69) is 4.74 Å². The minimum Gasteiger partial charge on any atom is -0.465 e. The number of hydrogen-bond acceptors (Lipinski definition) is 3. The number of rotatable bonds is 1. The van der Waals surface area contributed by atoms with Gasteiger partial charge in [0.05, 0.1) is 28.4 Å². The van der Waals surface area contributed by atoms with Crippen LogP contribution in [0.15, 0.2) is 12.1 Å². The molecule has 0 radical (unpaired) electrons. The van der Waals surface area contributed by atoms with Crippen LogP contribution in [0.5, 0.6) is 0 Å². The van der Waals surface area contributed by atoms with Gasteiger partial charge in [0.15, 0.2) is 0 Å². The zero-order valence-electron chi connectivity index (χ0n) is 6.80. The molecule has 0 bridgehead atoms. The summed E-state index contributed by atoms with van der Waals surface area (Å²) in [5, 5.41) is 0.483. The van der Waals surface area contributed by atoms with Crippen molar-refractivity contribution >= 4 is 34.9 Å². The number of nitrogens with two attached hydrogens (primary N) is 1. The zero-order valence-corrected chi connectivity index (χ0v) is 8.32. The van der Waals surface area contributed by atoms with Gasteiger partial charge < -0.3 is 10.5 Å². The van der Waals surface area contributed by atoms with E-state index in [1.54, 1.807) is 0 Å². The van der Waals surface area contributed by atoms with E-state index in [4.69, 9.17) is 28.9 Å². The summed E-state index contributed by atoms with van der Waals surface area (Å²) in [5.74, 6) is -0.495. The number of carbonyl (C=O) groups excluding carboxylic acids is 1. The lowest BCUT2D eigenvalue weighted by molar-refractivity contribution is 0.0601. The molecule has 0 saturated heterocycles. The fourth-order valence-electron chi connectivity index (χ4n) is 0.846. The van der Waals surface area contributed by atoms with Crippen LogP contribution in [0.2, 0.25) is 10.0 Å². The maximum atomic E-state index is 11.0. The van der Waals surface area contributed by atoms with Crippen LogP contribution in [0, 0.1) is 0 Å². The molecule has 1 aromatic carbocycles. The molecule has 5 heteroatoms. The van der Waals surface area contributed by atoms with Gasteiger partial charge in [-0.2, -0.15) is 0 Å². The monoisotopic (exact) mass is 219 g/mol. The van der Waals surface area contributed by atoms with E-state index in [0.29, 0.717) is 0 Å². The SMILES string of the molecule is COC(=O)c1cc(N)c(Cl)c(Cl)c1. The molecule has 13 heavy (non-hydrogen) atoms. The average Bonchev–Trinajstić information content (AvgIpc) is 2.12. The number of esters is 1. The van der Waals surface area contributed by atoms with Crippen LogP contribution in [0.3, 0.4) is 0 Å². The predicted molar refractivity (Wildman–Crippen MR) is 52.2 cm³/mol. The first kappa shape index (κ1) is 10.2. The molecule has 0 aliphatic heterocycles. The second-order valence-corrected chi connectivity index (χ2v) is 3.14. The van der Waals surface area contributed by atoms with Gasteiger partial charge >= 0.3 is 5.97 Å². The van der Waals surface area contributed by atoms with Crippen molar-refractivity contribution in [2.45, 2.75) is 0 Å². The first-order valence-corrected chi connectivity index (χ1v) is 4.14. The smallest absolute Gasteiger partial charge is 0.337 e. The second kappa shape index (κ2) is 3.85. The Kier molecular flexibility index (Phi) is 3.01. The number of ether oxygens (including phenoxy) is 1. The summed E-state index contributed by atoms with van der Waals surface area (Å²) in [6.45, 7) is 0. The third kappa shape index (κ3) is 2.05. The standard InChI is InChI=1S/C8H7Cl2NO2/c1-13-8(12)4-2-5(9)7(10)6(11)3-4/h2-3H,11H2,1H3. The molecule has 0 saturated carbocycles. The van der Waals surface area contributed by atoms with Crippen molar-refractivity contribution in [2.75, 3.05) is 12.8 Å². The van der Waals surface area contributed by atoms with Gasteiger partial charge in [-0.3, -0.25) is 0 Å². The number of benzene rings is 1. The van der Waals surface area contributed by atoms with E-state index in [1.807, 2.05) is 0 Å². The molecule has 0 atom stereocenters. The summed E-state index contributed by atoms with van der Waals surface area (Å²) >= 11 is 11.4. The molecule has 1 rings (SSSR count). The van der Waals surface area contributed by atoms with Crippen molar-refractivity contribution < 1.29 is 9.53 Å². The maximum Gasteiger partial charge on any atom is 0.337 e. The van der Waals surface area contributed by atoms with Gasteiger partial charge in [-0.05, 0) is 12.1 Å². The van der Waals surface area contributed by atoms with Crippen LogP contribution in [0.4, 0.5) is 5.69 Å². The van der Waals surface area contributed by atoms with Crippen molar-refractivity contribution in [1.82, 2.24) is 0 Å². The van der Waals surface area contributed by atoms with Crippen molar-refractivity contribution in [3.05, 3.63) is 27.7 Å². The minimum absolute atomic E-state index is 0.238. The normalized spacial score (nSPS) is 9.77. The zero-order chi connectivity index (χ0) is 10.0. The lowest BCUT2D eigenvalue weighted by atomic mass is 10.2. The van der Waals surface area contributed by atoms with Gasteiger partial charge in [-0.1, -0.05) is 23.2 Å². The molecule has 0 amide bonds. The number of anilines is 1. The van der Waals surface area contributed by atoms with Crippen LogP contribution >= 0.6 is 23.2 Å². The van der Waals surface area contributed by atoms with Gasteiger partial charge in [-0.15, -0.1) is 0 Å². The van der Waals surface area contributed by atoms with Crippen LogP contribution in [0.25, 0.3) is 0 Å². The quantitative estimate of drug-likeness (QED) is 0.583. The number of carbonyl (C=O) groups is 1. The van der Waals surface area contributed by atoms with Gasteiger partial charge in [0.2, 0.25) is 0 Å². The highest BCUT2D eigenvalue weighted by molar-refractivity contribution is 6.43. The molecule has 0 spiro atoms. The van der Waals surface area contributed by atoms with E-state index in [9.17, 15) is 4.79 Å². The van der Waals surface area contributed by atoms with Crippen LogP contribution in [0.1, 0.15) is 10.4 Å². The van der Waals surface area contributed by atoms with E-state index in [-0.39, 0.29) is 21.3 Å². The molecule has 2 N–H and O–H groups in total. The van der Waals surface area contributed by atoms with Gasteiger partial charge in [0.25, 0.3) is 0 Å². The molecular formula is C8H7Cl2NO2. The second-order valence-electron chi connectivity index (χ2n) is 2.35. The highest BCUT2D eigenvalue weighted by Crippen LogP contribution is 2.29. The summed E-state index contributed by atoms with van der Waals surface area (Å²) in [7, 11) is 1.28. The van der Waals surface area contributed by atoms with E-state index in [0.717, 1.165) is 0 Å². The summed E-state index contributed by atoms with van der Waals surface area (Å²) in [5.41, 5.74) is 6.04. The predicted octanol–water partition coefficient (Wildman–Crippen LogP) is 2.36. The molecule has 1 aromatic rings. The van der Waals surface area contributed by atoms with Crippen molar-refractivity contribution in [2.24, 2.45) is 0 Å². The largest absolute Gasteiger partial charge is 0.465 e. The van der Waals surface area contributed by atoms with Crippen LogP contribution < -0.4 is 5.73 Å². The molecular weight excluding hydrogens is 213 g/mol. The number of nitrogen functional groups attached to an aromatic ring is 1. The summed E-state index contributed by atoms with van der Waals surface area (Å²) in [4.78, 5) is 11.0. The van der Waals surface area contributed by atoms with Gasteiger partial charge in [0, 0.05) is 0 Å². The van der Waals surface area contributed by atoms with Crippen LogP contribution in [-0.2, 0) is 4.74 Å². The lowest BCUT2D eigenvalue weighted by Crippen LogP contribution is -2.02. The summed E-state index contributed by atoms with van der Waals surface area (Å²) in [6, 6.07) is 2.83. The third-order valence-corrected chi connectivity index (χ3v) is 2.29. The first-order chi connectivity index (χ1) is 6.06. The molecule has 0 aliphatic carbocycles.